The molecule has 0 fully saturated rings. The van der Waals surface area contributed by atoms with E-state index in [4.69, 9.17) is 13.8 Å². The van der Waals surface area contributed by atoms with E-state index in [0.29, 0.717) is 12.3 Å². The number of rotatable bonds is 7. The first-order valence-corrected chi connectivity index (χ1v) is 9.56. The van der Waals surface area contributed by atoms with Gasteiger partial charge in [-0.1, -0.05) is 12.1 Å². The molecular weight excluding hydrogens is 329 g/mol. The van der Waals surface area contributed by atoms with Gasteiger partial charge in [0.2, 0.25) is 0 Å². The van der Waals surface area contributed by atoms with Crippen LogP contribution in [0.2, 0.25) is 0 Å². The van der Waals surface area contributed by atoms with E-state index < -0.39 is 19.3 Å². The van der Waals surface area contributed by atoms with Crippen LogP contribution in [0.25, 0.3) is 0 Å². The quantitative estimate of drug-likeness (QED) is 0.526. The molecule has 6 nitrogen and oxygen atoms in total. The fourth-order valence-electron chi connectivity index (χ4n) is 1.95. The van der Waals surface area contributed by atoms with Crippen LogP contribution in [0.15, 0.2) is 24.3 Å². The first-order chi connectivity index (χ1) is 11.1. The third-order valence-corrected chi connectivity index (χ3v) is 4.96. The van der Waals surface area contributed by atoms with Crippen molar-refractivity contribution in [1.82, 2.24) is 0 Å². The zero-order valence-corrected chi connectivity index (χ0v) is 16.0. The number of hydrogen-bond acceptors (Lipinski definition) is 5. The summed E-state index contributed by atoms with van der Waals surface area (Å²) in [7, 11) is -1.56. The maximum Gasteiger partial charge on any atom is 0.414 e. The number of anilines is 1. The highest BCUT2D eigenvalue weighted by Gasteiger charge is 2.25. The second kappa shape index (κ2) is 8.56. The van der Waals surface area contributed by atoms with E-state index in [0.717, 1.165) is 5.56 Å². The summed E-state index contributed by atoms with van der Waals surface area (Å²) in [6.45, 7) is 11.1. The Morgan fingerprint density at radius 3 is 2.25 bits per heavy atom. The van der Waals surface area contributed by atoms with Gasteiger partial charge in [-0.15, -0.1) is 0 Å². The highest BCUT2D eigenvalue weighted by atomic mass is 31.2. The van der Waals surface area contributed by atoms with E-state index in [-0.39, 0.29) is 12.8 Å². The molecule has 0 saturated carbocycles. The lowest BCUT2D eigenvalue weighted by Gasteiger charge is -2.24. The van der Waals surface area contributed by atoms with Gasteiger partial charge in [-0.3, -0.25) is 14.0 Å². The number of nitrogens with zero attached hydrogens (tertiary/aromatic N) is 1. The molecule has 1 rings (SSSR count). The number of carbonyl (C=O) groups excluding carboxylic acids is 1. The Morgan fingerprint density at radius 2 is 1.79 bits per heavy atom. The Balaban J connectivity index is 2.81. The number of benzene rings is 1. The number of hydrogen-bond donors (Lipinski definition) is 0. The fraction of sp³-hybridized carbons (Fsp3) is 0.529. The zero-order valence-electron chi connectivity index (χ0n) is 15.1. The van der Waals surface area contributed by atoms with Crippen LogP contribution >= 0.6 is 7.60 Å². The summed E-state index contributed by atoms with van der Waals surface area (Å²) in [5.41, 5.74) is 0.917. The minimum absolute atomic E-state index is 0.0801. The van der Waals surface area contributed by atoms with Crippen LogP contribution in [-0.2, 0) is 24.5 Å². The average molecular weight is 356 g/mol. The maximum absolute atomic E-state index is 12.5. The molecule has 1 aromatic rings. The van der Waals surface area contributed by atoms with Gasteiger partial charge in [0.05, 0.1) is 19.7 Å². The van der Waals surface area contributed by atoms with Crippen LogP contribution in [0, 0.1) is 6.92 Å². The van der Waals surface area contributed by atoms with Crippen LogP contribution in [0.4, 0.5) is 10.5 Å². The Bertz CT molecular complexity index is 570. The van der Waals surface area contributed by atoms with Crippen molar-refractivity contribution in [3.63, 3.8) is 0 Å². The summed E-state index contributed by atoms with van der Waals surface area (Å²) in [5.74, 6) is 0. The van der Waals surface area contributed by atoms with Crippen molar-refractivity contribution in [3.8, 4) is 0 Å². The summed E-state index contributed by atoms with van der Waals surface area (Å²) < 4.78 is 28.3. The minimum Gasteiger partial charge on any atom is -0.443 e. The topological polar surface area (TPSA) is 65.1 Å². The summed E-state index contributed by atoms with van der Waals surface area (Å²) in [4.78, 5) is 13.5. The molecular formula is C17H27NO5P+. The third-order valence-electron chi connectivity index (χ3n) is 2.98. The van der Waals surface area contributed by atoms with Gasteiger partial charge in [0.15, 0.2) is 6.61 Å². The molecule has 1 unspecified atom stereocenters. The summed E-state index contributed by atoms with van der Waals surface area (Å²) in [5, 5.41) is 0. The number of carbonyl (C=O) groups is 1. The maximum atomic E-state index is 12.5. The molecule has 1 aromatic carbocycles. The molecule has 1 amide bonds. The van der Waals surface area contributed by atoms with Crippen LogP contribution in [-0.4, -0.2) is 32.0 Å². The molecule has 0 saturated heterocycles. The van der Waals surface area contributed by atoms with E-state index in [1.165, 1.54) is 4.90 Å². The monoisotopic (exact) mass is 356 g/mol. The normalized spacial score (nSPS) is 14.0. The van der Waals surface area contributed by atoms with E-state index in [1.807, 2.05) is 20.8 Å². The zero-order chi connectivity index (χ0) is 18.4. The highest BCUT2D eigenvalue weighted by molar-refractivity contribution is 7.53. The summed E-state index contributed by atoms with van der Waals surface area (Å²) in [6, 6.07) is 7.10. The van der Waals surface area contributed by atoms with Gasteiger partial charge in [0.25, 0.3) is 0 Å². The smallest absolute Gasteiger partial charge is 0.414 e. The summed E-state index contributed by atoms with van der Waals surface area (Å²) >= 11 is 0. The third kappa shape index (κ3) is 6.56. The van der Waals surface area contributed by atoms with Crippen molar-refractivity contribution in [2.45, 2.75) is 39.5 Å². The van der Waals surface area contributed by atoms with Gasteiger partial charge in [0, 0.05) is 12.7 Å². The first-order valence-electron chi connectivity index (χ1n) is 7.83. The average Bonchev–Trinajstić information content (AvgIpc) is 2.45. The predicted molar refractivity (Wildman–Crippen MR) is 95.3 cm³/mol. The SMILES string of the molecule is [CH2+]COP(=O)(Cc1ccc(N(C)C(=O)OC(C)(C)C)cc1)OCC. The molecule has 1 atom stereocenters. The standard InChI is InChI=1S/C17H27NO5P/c1-7-21-24(20,22-8-2)13-14-9-11-15(12-10-14)18(6)16(19)23-17(3,4)5/h9-12H,1,7-8,13H2,2-6H3/q+1. The molecule has 0 bridgehead atoms. The van der Waals surface area contributed by atoms with Crippen molar-refractivity contribution >= 4 is 19.4 Å². The molecule has 7 heteroatoms. The van der Waals surface area contributed by atoms with Crippen LogP contribution in [0.1, 0.15) is 33.3 Å². The van der Waals surface area contributed by atoms with Crippen molar-refractivity contribution < 1.29 is 23.1 Å². The van der Waals surface area contributed by atoms with Gasteiger partial charge >= 0.3 is 13.7 Å². The fourth-order valence-corrected chi connectivity index (χ4v) is 3.54. The Hall–Kier alpha value is -1.49. The van der Waals surface area contributed by atoms with Crippen molar-refractivity contribution in [2.75, 3.05) is 25.2 Å². The van der Waals surface area contributed by atoms with E-state index in [9.17, 15) is 9.36 Å². The lowest BCUT2D eigenvalue weighted by atomic mass is 10.2. The molecule has 134 valence electrons. The Labute approximate surface area is 144 Å². The lowest BCUT2D eigenvalue weighted by Crippen LogP contribution is -2.34. The summed E-state index contributed by atoms with van der Waals surface area (Å²) in [6.07, 6.45) is -0.275. The molecule has 0 aliphatic heterocycles. The predicted octanol–water partition coefficient (Wildman–Crippen LogP) is 4.64. The molecule has 0 aliphatic carbocycles. The van der Waals surface area contributed by atoms with Gasteiger partial charge in [-0.2, -0.15) is 0 Å². The van der Waals surface area contributed by atoms with Crippen LogP contribution in [0.3, 0.4) is 0 Å². The molecule has 24 heavy (non-hydrogen) atoms. The molecule has 0 N–H and O–H groups in total. The van der Waals surface area contributed by atoms with E-state index in [2.05, 4.69) is 6.92 Å². The molecule has 0 heterocycles. The van der Waals surface area contributed by atoms with Gasteiger partial charge in [-0.05, 0) is 45.4 Å². The second-order valence-corrected chi connectivity index (χ2v) is 8.28. The number of amides is 1. The van der Waals surface area contributed by atoms with Gasteiger partial charge in [0.1, 0.15) is 5.60 Å². The van der Waals surface area contributed by atoms with Crippen molar-refractivity contribution in [1.29, 1.82) is 0 Å². The van der Waals surface area contributed by atoms with E-state index >= 15 is 0 Å². The molecule has 0 aromatic heterocycles. The molecule has 0 aliphatic rings. The molecule has 0 spiro atoms. The second-order valence-electron chi connectivity index (χ2n) is 6.23. The van der Waals surface area contributed by atoms with Crippen LogP contribution < -0.4 is 4.90 Å². The van der Waals surface area contributed by atoms with E-state index in [1.54, 1.807) is 38.2 Å². The van der Waals surface area contributed by atoms with Crippen molar-refractivity contribution in [2.24, 2.45) is 0 Å². The number of ether oxygens (including phenoxy) is 1. The Kier molecular flexibility index (Phi) is 7.33. The largest absolute Gasteiger partial charge is 0.443 e. The Morgan fingerprint density at radius 1 is 1.21 bits per heavy atom. The van der Waals surface area contributed by atoms with Gasteiger partial charge in [-0.25, -0.2) is 4.79 Å². The minimum atomic E-state index is -3.19. The molecule has 0 radical (unpaired) electrons. The first kappa shape index (κ1) is 20.6. The highest BCUT2D eigenvalue weighted by Crippen LogP contribution is 2.51. The van der Waals surface area contributed by atoms with Crippen LogP contribution in [0.5, 0.6) is 0 Å². The lowest BCUT2D eigenvalue weighted by molar-refractivity contribution is 0.0589. The van der Waals surface area contributed by atoms with Crippen molar-refractivity contribution in [3.05, 3.63) is 36.8 Å². The van der Waals surface area contributed by atoms with Gasteiger partial charge < -0.3 is 9.26 Å².